The van der Waals surface area contributed by atoms with Crippen LogP contribution in [0.25, 0.3) is 5.52 Å². The van der Waals surface area contributed by atoms with E-state index in [4.69, 9.17) is 0 Å². The number of benzene rings is 1. The van der Waals surface area contributed by atoms with Gasteiger partial charge in [0.25, 0.3) is 0 Å². The Hall–Kier alpha value is -2.20. The molecule has 18 heavy (non-hydrogen) atoms. The largest absolute Gasteiger partial charge is 0.388 e. The molecule has 1 atom stereocenters. The minimum Gasteiger partial charge on any atom is -0.388 e. The molecule has 1 unspecified atom stereocenters. The van der Waals surface area contributed by atoms with Gasteiger partial charge in [-0.25, -0.2) is 4.52 Å². The zero-order chi connectivity index (χ0) is 12.4. The van der Waals surface area contributed by atoms with Crippen LogP contribution < -0.4 is 0 Å². The highest BCUT2D eigenvalue weighted by Crippen LogP contribution is 2.21. The number of aliphatic hydroxyl groups is 1. The minimum atomic E-state index is -0.561. The molecule has 0 radical (unpaired) electrons. The number of nitrogens with zero attached hydrogens (tertiary/aromatic N) is 3. The van der Waals surface area contributed by atoms with Crippen LogP contribution >= 0.6 is 0 Å². The van der Waals surface area contributed by atoms with Crippen LogP contribution in [0.2, 0.25) is 0 Å². The quantitative estimate of drug-likeness (QED) is 0.760. The van der Waals surface area contributed by atoms with Gasteiger partial charge in [0.05, 0.1) is 24.0 Å². The van der Waals surface area contributed by atoms with Crippen molar-refractivity contribution in [3.05, 3.63) is 66.2 Å². The van der Waals surface area contributed by atoms with Gasteiger partial charge in [-0.2, -0.15) is 5.10 Å². The van der Waals surface area contributed by atoms with Crippen molar-refractivity contribution in [1.82, 2.24) is 14.6 Å². The zero-order valence-electron chi connectivity index (χ0n) is 9.77. The topological polar surface area (TPSA) is 50.4 Å². The van der Waals surface area contributed by atoms with Crippen molar-refractivity contribution in [1.29, 1.82) is 0 Å². The van der Waals surface area contributed by atoms with Gasteiger partial charge in [0.1, 0.15) is 0 Å². The van der Waals surface area contributed by atoms with E-state index in [9.17, 15) is 5.11 Å². The molecular weight excluding hydrogens is 226 g/mol. The number of rotatable bonds is 3. The van der Waals surface area contributed by atoms with E-state index in [1.807, 2.05) is 30.3 Å². The third kappa shape index (κ3) is 1.98. The summed E-state index contributed by atoms with van der Waals surface area (Å²) in [5, 5.41) is 14.5. The molecule has 2 aromatic heterocycles. The first-order valence-electron chi connectivity index (χ1n) is 5.84. The van der Waals surface area contributed by atoms with Crippen molar-refractivity contribution in [2.75, 3.05) is 0 Å². The Morgan fingerprint density at radius 2 is 2.00 bits per heavy atom. The molecule has 1 aromatic carbocycles. The van der Waals surface area contributed by atoms with Gasteiger partial charge in [-0.15, -0.1) is 0 Å². The van der Waals surface area contributed by atoms with Crippen molar-refractivity contribution < 1.29 is 5.11 Å². The van der Waals surface area contributed by atoms with Crippen LogP contribution in [0.1, 0.15) is 17.2 Å². The van der Waals surface area contributed by atoms with Crippen LogP contribution in [-0.2, 0) is 6.42 Å². The van der Waals surface area contributed by atoms with E-state index >= 15 is 0 Å². The lowest BCUT2D eigenvalue weighted by atomic mass is 10.0. The Labute approximate surface area is 105 Å². The Bertz CT molecular complexity index is 648. The lowest BCUT2D eigenvalue weighted by Crippen LogP contribution is -2.01. The standard InChI is InChI=1S/C14H13N3O/c18-14(8-11-4-2-1-3-5-11)12-9-16-17-7-6-15-10-13(12)17/h1-7,9-10,14,18H,8H2. The summed E-state index contributed by atoms with van der Waals surface area (Å²) in [7, 11) is 0. The first-order chi connectivity index (χ1) is 8.84. The van der Waals surface area contributed by atoms with Crippen LogP contribution in [-0.4, -0.2) is 19.7 Å². The maximum atomic E-state index is 10.3. The predicted octanol–water partition coefficient (Wildman–Crippen LogP) is 2.01. The van der Waals surface area contributed by atoms with E-state index in [0.717, 1.165) is 16.6 Å². The van der Waals surface area contributed by atoms with Gasteiger partial charge in [0.15, 0.2) is 0 Å². The predicted molar refractivity (Wildman–Crippen MR) is 68.1 cm³/mol. The highest BCUT2D eigenvalue weighted by Gasteiger charge is 2.14. The number of hydrogen-bond donors (Lipinski definition) is 1. The van der Waals surface area contributed by atoms with Crippen LogP contribution in [0, 0.1) is 0 Å². The molecule has 3 aromatic rings. The third-order valence-electron chi connectivity index (χ3n) is 2.99. The molecule has 90 valence electrons. The van der Waals surface area contributed by atoms with E-state index in [2.05, 4.69) is 10.1 Å². The van der Waals surface area contributed by atoms with Crippen molar-refractivity contribution in [2.24, 2.45) is 0 Å². The lowest BCUT2D eigenvalue weighted by molar-refractivity contribution is 0.180. The summed E-state index contributed by atoms with van der Waals surface area (Å²) in [5.74, 6) is 0. The molecule has 0 amide bonds. The van der Waals surface area contributed by atoms with E-state index in [-0.39, 0.29) is 0 Å². The summed E-state index contributed by atoms with van der Waals surface area (Å²) in [6.45, 7) is 0. The fourth-order valence-corrected chi connectivity index (χ4v) is 2.06. The van der Waals surface area contributed by atoms with E-state index in [1.54, 1.807) is 29.3 Å². The molecule has 1 N–H and O–H groups in total. The second-order valence-electron chi connectivity index (χ2n) is 4.21. The fourth-order valence-electron chi connectivity index (χ4n) is 2.06. The summed E-state index contributed by atoms with van der Waals surface area (Å²) in [6, 6.07) is 9.93. The summed E-state index contributed by atoms with van der Waals surface area (Å²) in [4.78, 5) is 4.06. The molecule has 0 saturated carbocycles. The van der Waals surface area contributed by atoms with Gasteiger partial charge in [0.2, 0.25) is 0 Å². The second-order valence-corrected chi connectivity index (χ2v) is 4.21. The number of aliphatic hydroxyl groups excluding tert-OH is 1. The molecule has 2 heterocycles. The third-order valence-corrected chi connectivity index (χ3v) is 2.99. The van der Waals surface area contributed by atoms with E-state index in [1.165, 1.54) is 0 Å². The summed E-state index contributed by atoms with van der Waals surface area (Å²) in [5.41, 5.74) is 2.76. The number of hydrogen-bond acceptors (Lipinski definition) is 3. The normalized spacial score (nSPS) is 12.7. The van der Waals surface area contributed by atoms with Crippen molar-refractivity contribution in [3.63, 3.8) is 0 Å². The molecule has 0 bridgehead atoms. The first kappa shape index (κ1) is 10.9. The molecule has 0 aliphatic rings. The molecular formula is C14H13N3O. The van der Waals surface area contributed by atoms with Crippen LogP contribution in [0.5, 0.6) is 0 Å². The van der Waals surface area contributed by atoms with Gasteiger partial charge in [-0.3, -0.25) is 4.98 Å². The van der Waals surface area contributed by atoms with Crippen LogP contribution in [0.3, 0.4) is 0 Å². The summed E-state index contributed by atoms with van der Waals surface area (Å²) < 4.78 is 1.72. The lowest BCUT2D eigenvalue weighted by Gasteiger charge is -2.09. The van der Waals surface area contributed by atoms with Gasteiger partial charge in [0, 0.05) is 24.4 Å². The highest BCUT2D eigenvalue weighted by atomic mass is 16.3. The van der Waals surface area contributed by atoms with Gasteiger partial charge >= 0.3 is 0 Å². The average molecular weight is 239 g/mol. The highest BCUT2D eigenvalue weighted by molar-refractivity contribution is 5.52. The SMILES string of the molecule is OC(Cc1ccccc1)c1cnn2ccncc12. The van der Waals surface area contributed by atoms with Gasteiger partial charge < -0.3 is 5.11 Å². The molecule has 0 saturated heterocycles. The Balaban J connectivity index is 1.90. The fraction of sp³-hybridized carbons (Fsp3) is 0.143. The van der Waals surface area contributed by atoms with E-state index in [0.29, 0.717) is 6.42 Å². The minimum absolute atomic E-state index is 0.561. The van der Waals surface area contributed by atoms with Gasteiger partial charge in [-0.1, -0.05) is 30.3 Å². The van der Waals surface area contributed by atoms with Crippen molar-refractivity contribution in [3.8, 4) is 0 Å². The molecule has 0 fully saturated rings. The van der Waals surface area contributed by atoms with Crippen molar-refractivity contribution >= 4 is 5.52 Å². The Morgan fingerprint density at radius 3 is 2.83 bits per heavy atom. The maximum absolute atomic E-state index is 10.3. The van der Waals surface area contributed by atoms with E-state index < -0.39 is 6.10 Å². The molecule has 0 aliphatic heterocycles. The Kier molecular flexibility index (Phi) is 2.78. The Morgan fingerprint density at radius 1 is 1.17 bits per heavy atom. The molecule has 0 spiro atoms. The first-order valence-corrected chi connectivity index (χ1v) is 5.84. The van der Waals surface area contributed by atoms with Crippen LogP contribution in [0.4, 0.5) is 0 Å². The number of aromatic nitrogens is 3. The smallest absolute Gasteiger partial charge is 0.0903 e. The zero-order valence-corrected chi connectivity index (χ0v) is 9.77. The van der Waals surface area contributed by atoms with Gasteiger partial charge in [-0.05, 0) is 5.56 Å². The average Bonchev–Trinajstić information content (AvgIpc) is 2.84. The molecule has 4 nitrogen and oxygen atoms in total. The molecule has 4 heteroatoms. The van der Waals surface area contributed by atoms with Crippen LogP contribution in [0.15, 0.2) is 55.1 Å². The second kappa shape index (κ2) is 4.58. The summed E-state index contributed by atoms with van der Waals surface area (Å²) in [6.07, 6.45) is 6.88. The molecule has 0 aliphatic carbocycles. The molecule has 3 rings (SSSR count). The number of fused-ring (bicyclic) bond motifs is 1. The monoisotopic (exact) mass is 239 g/mol. The van der Waals surface area contributed by atoms with Crippen molar-refractivity contribution in [2.45, 2.75) is 12.5 Å². The summed E-state index contributed by atoms with van der Waals surface area (Å²) >= 11 is 0. The maximum Gasteiger partial charge on any atom is 0.0903 e.